The number of likely N-dealkylation sites (tertiary alicyclic amines) is 1. The third kappa shape index (κ3) is 13.3. The van der Waals surface area contributed by atoms with E-state index in [4.69, 9.17) is 17.0 Å². The van der Waals surface area contributed by atoms with Crippen molar-refractivity contribution in [2.75, 3.05) is 18.6 Å². The molecular weight excluding hydrogens is 779 g/mol. The van der Waals surface area contributed by atoms with Gasteiger partial charge in [-0.2, -0.15) is 11.8 Å². The third-order valence-electron chi connectivity index (χ3n) is 9.98. The number of hydrogen-bond donors (Lipinski definition) is 7. The summed E-state index contributed by atoms with van der Waals surface area (Å²) < 4.78 is 0. The molecule has 19 heteroatoms. The van der Waals surface area contributed by atoms with Crippen molar-refractivity contribution in [1.82, 2.24) is 31.2 Å². The molecule has 6 atom stereocenters. The molecule has 316 valence electrons. The lowest BCUT2D eigenvalue weighted by Gasteiger charge is -2.30. The summed E-state index contributed by atoms with van der Waals surface area (Å²) in [4.78, 5) is 100. The van der Waals surface area contributed by atoms with Crippen LogP contribution >= 0.6 is 11.8 Å². The summed E-state index contributed by atoms with van der Waals surface area (Å²) in [5.41, 5.74) is 22.4. The van der Waals surface area contributed by atoms with Gasteiger partial charge in [0.25, 0.3) is 0 Å². The molecule has 1 aromatic heterocycles. The van der Waals surface area contributed by atoms with Crippen molar-refractivity contribution >= 4 is 64.0 Å². The van der Waals surface area contributed by atoms with E-state index in [1.807, 2.05) is 44.4 Å². The summed E-state index contributed by atoms with van der Waals surface area (Å²) in [6.45, 7) is 3.89. The summed E-state index contributed by atoms with van der Waals surface area (Å²) in [5.74, 6) is -4.15. The van der Waals surface area contributed by atoms with Crippen LogP contribution in [-0.4, -0.2) is 106 Å². The van der Waals surface area contributed by atoms with Gasteiger partial charge in [0.2, 0.25) is 41.4 Å². The lowest BCUT2D eigenvalue weighted by atomic mass is 10.0. The van der Waals surface area contributed by atoms with Crippen LogP contribution in [0.25, 0.3) is 21.3 Å². The Hall–Kier alpha value is -5.91. The topological polar surface area (TPSA) is 287 Å². The van der Waals surface area contributed by atoms with Crippen LogP contribution in [-0.2, 0) is 46.4 Å². The highest BCUT2D eigenvalue weighted by Crippen LogP contribution is 2.22. The Labute approximate surface area is 346 Å². The number of azide groups is 1. The average Bonchev–Trinajstić information content (AvgIpc) is 3.79. The quantitative estimate of drug-likeness (QED) is 0.0440. The lowest BCUT2D eigenvalue weighted by molar-refractivity contribution is -0.141. The number of nitrogens with one attached hydrogen (secondary N) is 5. The number of H-pyrrole nitrogens is 1. The van der Waals surface area contributed by atoms with Gasteiger partial charge in [-0.05, 0) is 71.4 Å². The maximum atomic E-state index is 14.2. The molecular formula is C40H53N11O7S. The van der Waals surface area contributed by atoms with Gasteiger partial charge in [-0.3, -0.25) is 33.6 Å². The average molecular weight is 832 g/mol. The van der Waals surface area contributed by atoms with Crippen molar-refractivity contribution in [3.63, 3.8) is 0 Å². The van der Waals surface area contributed by atoms with E-state index in [2.05, 4.69) is 36.3 Å². The Morgan fingerprint density at radius 3 is 2.25 bits per heavy atom. The van der Waals surface area contributed by atoms with E-state index >= 15 is 0 Å². The first kappa shape index (κ1) is 45.8. The van der Waals surface area contributed by atoms with E-state index in [9.17, 15) is 33.6 Å². The number of aromatic nitrogens is 1. The first-order valence-corrected chi connectivity index (χ1v) is 20.8. The number of thioether (sulfide) groups is 1. The fourth-order valence-corrected chi connectivity index (χ4v) is 7.35. The molecule has 2 heterocycles. The molecule has 0 radical (unpaired) electrons. The van der Waals surface area contributed by atoms with Crippen LogP contribution in [0.3, 0.4) is 0 Å². The van der Waals surface area contributed by atoms with Gasteiger partial charge in [-0.15, -0.1) is 0 Å². The monoisotopic (exact) mass is 831 g/mol. The van der Waals surface area contributed by atoms with Gasteiger partial charge in [0.1, 0.15) is 24.2 Å². The maximum Gasteiger partial charge on any atom is 0.245 e. The number of aromatic amines is 1. The molecule has 0 unspecified atom stereocenters. The SMILES string of the molecule is CSCC[C@H](NC(=O)[C@H](CC(C)C)N1CC[C@@H](NC(=O)[C@H](Cc2ccccc2)NC(=O)[C@@H](Cc2c[nH]c3ccccc23)NC(=O)[C@@H](N)CCC(N)=O)C1=O)C(=O)N=[N+]=[N-]. The molecule has 0 aliphatic carbocycles. The first-order chi connectivity index (χ1) is 28.2. The van der Waals surface area contributed by atoms with Gasteiger partial charge in [0.15, 0.2) is 0 Å². The van der Waals surface area contributed by atoms with Gasteiger partial charge in [0, 0.05) is 47.8 Å². The van der Waals surface area contributed by atoms with Crippen molar-refractivity contribution in [2.45, 2.75) is 95.0 Å². The van der Waals surface area contributed by atoms with E-state index in [1.165, 1.54) is 16.7 Å². The number of nitrogens with zero attached hydrogens (tertiary/aromatic N) is 4. The molecule has 1 aliphatic heterocycles. The first-order valence-electron chi connectivity index (χ1n) is 19.4. The minimum atomic E-state index is -1.21. The molecule has 0 bridgehead atoms. The van der Waals surface area contributed by atoms with Crippen LogP contribution in [0.4, 0.5) is 0 Å². The third-order valence-corrected chi connectivity index (χ3v) is 10.6. The van der Waals surface area contributed by atoms with Crippen molar-refractivity contribution in [2.24, 2.45) is 22.5 Å². The second kappa shape index (κ2) is 22.3. The normalized spacial score (nSPS) is 16.3. The summed E-state index contributed by atoms with van der Waals surface area (Å²) in [6, 6.07) is 9.70. The summed E-state index contributed by atoms with van der Waals surface area (Å²) in [5, 5.41) is 14.9. The predicted octanol–water partition coefficient (Wildman–Crippen LogP) is 1.72. The molecule has 1 saturated heterocycles. The fourth-order valence-electron chi connectivity index (χ4n) is 6.88. The van der Waals surface area contributed by atoms with E-state index in [-0.39, 0.29) is 57.4 Å². The zero-order valence-corrected chi connectivity index (χ0v) is 34.2. The summed E-state index contributed by atoms with van der Waals surface area (Å²) in [6.07, 6.45) is 4.07. The Bertz CT molecular complexity index is 2020. The summed E-state index contributed by atoms with van der Waals surface area (Å²) in [7, 11) is 0. The second-order valence-electron chi connectivity index (χ2n) is 14.9. The molecule has 9 N–H and O–H groups in total. The van der Waals surface area contributed by atoms with Crippen molar-refractivity contribution < 1.29 is 33.6 Å². The molecule has 0 saturated carbocycles. The van der Waals surface area contributed by atoms with Gasteiger partial charge >= 0.3 is 0 Å². The Morgan fingerprint density at radius 2 is 1.58 bits per heavy atom. The molecule has 2 aromatic carbocycles. The molecule has 0 spiro atoms. The standard InChI is InChI=1S/C40H53N11O7S/c1-23(2)19-33(39(57)45-29(16-18-59-3)38(56)49-50-43)51-17-15-30(40(51)58)46-36(54)31(20-24-9-5-4-6-10-24)48-37(55)32(47-35(53)27(41)13-14-34(42)52)21-25-22-44-28-12-8-7-11-26(25)28/h4-12,22-23,27,29-33,44H,13-21,41H2,1-3H3,(H2,42,52)(H,45,57)(H,46,54)(H,47,53)(H,48,55)/t27-,29-,30+,31-,32+,33-/m0/s1. The van der Waals surface area contributed by atoms with Gasteiger partial charge in [-0.1, -0.05) is 62.4 Å². The number of carbonyl (C=O) groups is 7. The molecule has 59 heavy (non-hydrogen) atoms. The molecule has 1 aliphatic rings. The largest absolute Gasteiger partial charge is 0.370 e. The molecule has 4 rings (SSSR count). The van der Waals surface area contributed by atoms with Crippen LogP contribution in [0.1, 0.15) is 57.1 Å². The summed E-state index contributed by atoms with van der Waals surface area (Å²) >= 11 is 1.45. The van der Waals surface area contributed by atoms with E-state index in [1.54, 1.807) is 36.5 Å². The highest BCUT2D eigenvalue weighted by Gasteiger charge is 2.41. The van der Waals surface area contributed by atoms with Crippen LogP contribution in [0.5, 0.6) is 0 Å². The predicted molar refractivity (Wildman–Crippen MR) is 223 cm³/mol. The van der Waals surface area contributed by atoms with Gasteiger partial charge < -0.3 is 42.6 Å². The molecule has 18 nitrogen and oxygen atoms in total. The van der Waals surface area contributed by atoms with Crippen LogP contribution in [0, 0.1) is 5.92 Å². The minimum Gasteiger partial charge on any atom is -0.370 e. The van der Waals surface area contributed by atoms with Crippen LogP contribution in [0.2, 0.25) is 0 Å². The lowest BCUT2D eigenvalue weighted by Crippen LogP contribution is -2.58. The zero-order chi connectivity index (χ0) is 43.1. The number of benzene rings is 2. The highest BCUT2D eigenvalue weighted by molar-refractivity contribution is 7.98. The molecule has 1 fully saturated rings. The fraction of sp³-hybridized carbons (Fsp3) is 0.475. The van der Waals surface area contributed by atoms with Gasteiger partial charge in [-0.25, -0.2) is 0 Å². The minimum absolute atomic E-state index is 0.0196. The smallest absolute Gasteiger partial charge is 0.245 e. The molecule has 7 amide bonds. The van der Waals surface area contributed by atoms with Crippen LogP contribution in [0.15, 0.2) is 65.9 Å². The van der Waals surface area contributed by atoms with E-state index in [0.717, 1.165) is 10.9 Å². The van der Waals surface area contributed by atoms with E-state index < -0.39 is 77.6 Å². The van der Waals surface area contributed by atoms with Crippen LogP contribution < -0.4 is 32.7 Å². The Kier molecular flexibility index (Phi) is 17.3. The second-order valence-corrected chi connectivity index (χ2v) is 15.9. The molecule has 3 aromatic rings. The maximum absolute atomic E-state index is 14.2. The number of nitrogens with two attached hydrogens (primary N) is 2. The van der Waals surface area contributed by atoms with Crippen molar-refractivity contribution in [3.8, 4) is 0 Å². The van der Waals surface area contributed by atoms with Crippen molar-refractivity contribution in [1.29, 1.82) is 0 Å². The highest BCUT2D eigenvalue weighted by atomic mass is 32.2. The number of primary amides is 1. The number of fused-ring (bicyclic) bond motifs is 1. The number of hydrogen-bond acceptors (Lipinski definition) is 9. The van der Waals surface area contributed by atoms with E-state index in [0.29, 0.717) is 16.9 Å². The van der Waals surface area contributed by atoms with Crippen molar-refractivity contribution in [3.05, 3.63) is 82.4 Å². The number of carbonyl (C=O) groups excluding carboxylic acids is 7. The Morgan fingerprint density at radius 1 is 0.915 bits per heavy atom. The Balaban J connectivity index is 1.56. The number of para-hydroxylation sites is 1. The van der Waals surface area contributed by atoms with Gasteiger partial charge in [0.05, 0.1) is 12.1 Å². The zero-order valence-electron chi connectivity index (χ0n) is 33.4. The number of rotatable bonds is 22. The number of amides is 7.